The second-order valence-corrected chi connectivity index (χ2v) is 5.07. The molecule has 1 aliphatic heterocycles. The van der Waals surface area contributed by atoms with Gasteiger partial charge in [-0.3, -0.25) is 4.79 Å². The first kappa shape index (κ1) is 14.0. The van der Waals surface area contributed by atoms with Gasteiger partial charge in [0.25, 0.3) is 0 Å². The quantitative estimate of drug-likeness (QED) is 0.760. The smallest absolute Gasteiger partial charge is 0.332 e. The molecule has 1 saturated heterocycles. The predicted molar refractivity (Wildman–Crippen MR) is 62.6 cm³/mol. The fraction of sp³-hybridized carbons (Fsp3) is 0.833. The number of hydrogen-bond acceptors (Lipinski definition) is 3. The van der Waals surface area contributed by atoms with Crippen molar-refractivity contribution < 1.29 is 19.4 Å². The van der Waals surface area contributed by atoms with Crippen LogP contribution in [0.1, 0.15) is 40.0 Å². The summed E-state index contributed by atoms with van der Waals surface area (Å²) in [5.41, 5.74) is 0. The van der Waals surface area contributed by atoms with Gasteiger partial charge in [0, 0.05) is 6.04 Å². The summed E-state index contributed by atoms with van der Waals surface area (Å²) in [5.74, 6) is -0.668. The molecule has 0 bridgehead atoms. The minimum Gasteiger partial charge on any atom is -0.479 e. The molecular formula is C12H21NO4. The van der Waals surface area contributed by atoms with Crippen LogP contribution in [-0.2, 0) is 14.3 Å². The maximum absolute atomic E-state index is 11.8. The van der Waals surface area contributed by atoms with E-state index in [1.165, 1.54) is 0 Å². The van der Waals surface area contributed by atoms with E-state index in [4.69, 9.17) is 9.84 Å². The van der Waals surface area contributed by atoms with Gasteiger partial charge in [0.2, 0.25) is 5.91 Å². The van der Waals surface area contributed by atoms with E-state index in [1.807, 2.05) is 6.92 Å². The van der Waals surface area contributed by atoms with Gasteiger partial charge < -0.3 is 15.2 Å². The van der Waals surface area contributed by atoms with Crippen molar-refractivity contribution in [2.45, 2.75) is 58.3 Å². The largest absolute Gasteiger partial charge is 0.479 e. The molecule has 98 valence electrons. The number of ether oxygens (including phenoxy) is 1. The van der Waals surface area contributed by atoms with Crippen LogP contribution in [0.3, 0.4) is 0 Å². The minimum absolute atomic E-state index is 0.0926. The lowest BCUT2D eigenvalue weighted by Gasteiger charge is -2.18. The molecule has 1 rings (SSSR count). The Balaban J connectivity index is 2.37. The van der Waals surface area contributed by atoms with Crippen LogP contribution in [0.25, 0.3) is 0 Å². The predicted octanol–water partition coefficient (Wildman–Crippen LogP) is 1.17. The lowest BCUT2D eigenvalue weighted by molar-refractivity contribution is -0.151. The number of carboxylic acids is 1. The van der Waals surface area contributed by atoms with E-state index in [0.717, 1.165) is 6.42 Å². The number of carbonyl (C=O) groups is 2. The van der Waals surface area contributed by atoms with Crippen molar-refractivity contribution in [3.05, 3.63) is 0 Å². The summed E-state index contributed by atoms with van der Waals surface area (Å²) >= 11 is 0. The zero-order valence-corrected chi connectivity index (χ0v) is 10.6. The monoisotopic (exact) mass is 243 g/mol. The molecule has 1 amide bonds. The van der Waals surface area contributed by atoms with Crippen molar-refractivity contribution in [2.75, 3.05) is 0 Å². The first-order valence-electron chi connectivity index (χ1n) is 6.08. The second kappa shape index (κ2) is 6.00. The van der Waals surface area contributed by atoms with Crippen molar-refractivity contribution in [1.29, 1.82) is 0 Å². The summed E-state index contributed by atoms with van der Waals surface area (Å²) in [6, 6.07) is 0.0926. The number of rotatable bonds is 5. The molecule has 17 heavy (non-hydrogen) atoms. The Morgan fingerprint density at radius 3 is 2.35 bits per heavy atom. The standard InChI is InChI=1S/C12H21NO4/c1-7(2)6-8(3)13-11(14)9-4-5-10(17-9)12(15)16/h7-10H,4-6H2,1-3H3,(H,13,14)(H,15,16)/t8?,9-,10+/m0/s1. The van der Waals surface area contributed by atoms with E-state index < -0.39 is 18.2 Å². The van der Waals surface area contributed by atoms with E-state index in [0.29, 0.717) is 18.8 Å². The van der Waals surface area contributed by atoms with Gasteiger partial charge >= 0.3 is 5.97 Å². The van der Waals surface area contributed by atoms with Gasteiger partial charge in [-0.15, -0.1) is 0 Å². The lowest BCUT2D eigenvalue weighted by Crippen LogP contribution is -2.41. The number of nitrogens with one attached hydrogen (secondary N) is 1. The fourth-order valence-electron chi connectivity index (χ4n) is 2.11. The third kappa shape index (κ3) is 4.34. The molecule has 0 radical (unpaired) electrons. The molecule has 1 aliphatic rings. The molecule has 1 unspecified atom stereocenters. The van der Waals surface area contributed by atoms with Gasteiger partial charge in [-0.05, 0) is 32.1 Å². The van der Waals surface area contributed by atoms with Crippen LogP contribution in [0.5, 0.6) is 0 Å². The van der Waals surface area contributed by atoms with Crippen LogP contribution >= 0.6 is 0 Å². The molecule has 0 aromatic rings. The molecule has 1 fully saturated rings. The molecule has 2 N–H and O–H groups in total. The van der Waals surface area contributed by atoms with Crippen molar-refractivity contribution in [3.8, 4) is 0 Å². The number of hydrogen-bond donors (Lipinski definition) is 2. The van der Waals surface area contributed by atoms with Gasteiger partial charge in [-0.25, -0.2) is 4.79 Å². The average molecular weight is 243 g/mol. The van der Waals surface area contributed by atoms with Gasteiger partial charge in [0.05, 0.1) is 0 Å². The average Bonchev–Trinajstić information content (AvgIpc) is 2.64. The van der Waals surface area contributed by atoms with Crippen molar-refractivity contribution in [2.24, 2.45) is 5.92 Å². The molecular weight excluding hydrogens is 222 g/mol. The van der Waals surface area contributed by atoms with E-state index in [1.54, 1.807) is 0 Å². The zero-order valence-electron chi connectivity index (χ0n) is 10.6. The summed E-state index contributed by atoms with van der Waals surface area (Å²) in [7, 11) is 0. The summed E-state index contributed by atoms with van der Waals surface area (Å²) in [4.78, 5) is 22.5. The summed E-state index contributed by atoms with van der Waals surface area (Å²) in [6.45, 7) is 6.13. The summed E-state index contributed by atoms with van der Waals surface area (Å²) in [6.07, 6.45) is 0.362. The van der Waals surface area contributed by atoms with Crippen LogP contribution in [-0.4, -0.2) is 35.2 Å². The van der Waals surface area contributed by atoms with Crippen LogP contribution in [0.15, 0.2) is 0 Å². The molecule has 0 aromatic carbocycles. The Morgan fingerprint density at radius 1 is 1.29 bits per heavy atom. The molecule has 5 heteroatoms. The normalized spacial score (nSPS) is 25.9. The third-order valence-electron chi connectivity index (χ3n) is 2.80. The highest BCUT2D eigenvalue weighted by Gasteiger charge is 2.34. The van der Waals surface area contributed by atoms with Gasteiger partial charge in [-0.1, -0.05) is 13.8 Å². The molecule has 5 nitrogen and oxygen atoms in total. The maximum atomic E-state index is 11.8. The second-order valence-electron chi connectivity index (χ2n) is 5.07. The van der Waals surface area contributed by atoms with E-state index in [-0.39, 0.29) is 11.9 Å². The summed E-state index contributed by atoms with van der Waals surface area (Å²) in [5, 5.41) is 11.6. The van der Waals surface area contributed by atoms with Crippen LogP contribution in [0.2, 0.25) is 0 Å². The molecule has 0 saturated carbocycles. The number of amides is 1. The SMILES string of the molecule is CC(C)CC(C)NC(=O)[C@@H]1CC[C@H](C(=O)O)O1. The Kier molecular flexibility index (Phi) is 4.93. The number of carboxylic acid groups (broad SMARTS) is 1. The van der Waals surface area contributed by atoms with Crippen LogP contribution in [0, 0.1) is 5.92 Å². The van der Waals surface area contributed by atoms with Crippen LogP contribution in [0.4, 0.5) is 0 Å². The topological polar surface area (TPSA) is 75.6 Å². The van der Waals surface area contributed by atoms with Crippen molar-refractivity contribution in [1.82, 2.24) is 5.32 Å². The molecule has 3 atom stereocenters. The first-order valence-corrected chi connectivity index (χ1v) is 6.08. The van der Waals surface area contributed by atoms with Crippen LogP contribution < -0.4 is 5.32 Å². The summed E-state index contributed by atoms with van der Waals surface area (Å²) < 4.78 is 5.18. The Bertz CT molecular complexity index is 290. The highest BCUT2D eigenvalue weighted by atomic mass is 16.5. The van der Waals surface area contributed by atoms with Gasteiger partial charge in [0.1, 0.15) is 6.10 Å². The number of carbonyl (C=O) groups excluding carboxylic acids is 1. The molecule has 0 aromatic heterocycles. The van der Waals surface area contributed by atoms with Gasteiger partial charge in [0.15, 0.2) is 6.10 Å². The van der Waals surface area contributed by atoms with Gasteiger partial charge in [-0.2, -0.15) is 0 Å². The number of aliphatic carboxylic acids is 1. The van der Waals surface area contributed by atoms with E-state index in [2.05, 4.69) is 19.2 Å². The fourth-order valence-corrected chi connectivity index (χ4v) is 2.11. The van der Waals surface area contributed by atoms with E-state index in [9.17, 15) is 9.59 Å². The highest BCUT2D eigenvalue weighted by molar-refractivity contribution is 5.82. The Labute approximate surface area is 102 Å². The Hall–Kier alpha value is -1.10. The van der Waals surface area contributed by atoms with E-state index >= 15 is 0 Å². The highest BCUT2D eigenvalue weighted by Crippen LogP contribution is 2.20. The molecule has 0 spiro atoms. The zero-order chi connectivity index (χ0) is 13.0. The molecule has 1 heterocycles. The maximum Gasteiger partial charge on any atom is 0.332 e. The third-order valence-corrected chi connectivity index (χ3v) is 2.80. The Morgan fingerprint density at radius 2 is 1.88 bits per heavy atom. The van der Waals surface area contributed by atoms with Crippen molar-refractivity contribution >= 4 is 11.9 Å². The van der Waals surface area contributed by atoms with Crippen molar-refractivity contribution in [3.63, 3.8) is 0 Å². The first-order chi connectivity index (χ1) is 7.90. The lowest BCUT2D eigenvalue weighted by atomic mass is 10.0. The molecule has 0 aliphatic carbocycles. The minimum atomic E-state index is -0.990.